The Hall–Kier alpha value is -4.59. The van der Waals surface area contributed by atoms with E-state index >= 15 is 0 Å². The fraction of sp³-hybridized carbons (Fsp3) is 0.296. The van der Waals surface area contributed by atoms with Crippen LogP contribution in [0.4, 0.5) is 0 Å². The van der Waals surface area contributed by atoms with Gasteiger partial charge in [-0.1, -0.05) is 12.1 Å². The number of aliphatic hydroxyl groups excluding tert-OH is 1. The van der Waals surface area contributed by atoms with E-state index in [9.17, 15) is 39.9 Å². The van der Waals surface area contributed by atoms with Crippen molar-refractivity contribution in [3.05, 3.63) is 59.7 Å². The number of aromatic hydroxyl groups is 4. The van der Waals surface area contributed by atoms with Crippen LogP contribution >= 0.6 is 0 Å². The summed E-state index contributed by atoms with van der Waals surface area (Å²) < 4.78 is 27.2. The number of carbonyl (C=O) groups excluding carboxylic acids is 3. The van der Waals surface area contributed by atoms with E-state index in [1.54, 1.807) is 0 Å². The Labute approximate surface area is 227 Å². The van der Waals surface area contributed by atoms with Gasteiger partial charge in [0, 0.05) is 12.2 Å². The van der Waals surface area contributed by atoms with E-state index in [1.807, 2.05) is 0 Å². The molecular weight excluding hydrogens is 532 g/mol. The van der Waals surface area contributed by atoms with Gasteiger partial charge in [0.1, 0.15) is 18.3 Å². The summed E-state index contributed by atoms with van der Waals surface area (Å²) in [6.07, 6.45) is -0.738. The molecule has 2 aromatic carbocycles. The van der Waals surface area contributed by atoms with Crippen molar-refractivity contribution < 1.29 is 63.6 Å². The van der Waals surface area contributed by atoms with E-state index in [1.165, 1.54) is 48.6 Å². The molecule has 0 amide bonds. The first kappa shape index (κ1) is 28.4. The molecule has 2 fully saturated rings. The van der Waals surface area contributed by atoms with E-state index in [-0.39, 0.29) is 11.5 Å². The molecule has 5 atom stereocenters. The van der Waals surface area contributed by atoms with E-state index in [4.69, 9.17) is 23.7 Å². The van der Waals surface area contributed by atoms with Gasteiger partial charge in [-0.3, -0.25) is 0 Å². The smallest absolute Gasteiger partial charge is 0.366 e. The highest BCUT2D eigenvalue weighted by molar-refractivity contribution is 5.88. The molecule has 2 saturated heterocycles. The van der Waals surface area contributed by atoms with Crippen LogP contribution in [0.25, 0.3) is 12.2 Å². The molecule has 0 aliphatic carbocycles. The Kier molecular flexibility index (Phi) is 8.28. The van der Waals surface area contributed by atoms with Gasteiger partial charge in [-0.2, -0.15) is 0 Å². The first-order valence-corrected chi connectivity index (χ1v) is 11.9. The Morgan fingerprint density at radius 1 is 0.875 bits per heavy atom. The SMILES string of the molecule is COC(=O)[C@@]12C[C@H](OC(=O)/C=C/c3ccc(O)c(O)c3)[C@@H](OC(=O)/C=C/c3ccc(O)c(O)c3)[C@H](O1)[C@H](CO)O2. The van der Waals surface area contributed by atoms with Crippen LogP contribution in [0.15, 0.2) is 48.6 Å². The number of phenolic OH excluding ortho intramolecular Hbond substituents is 4. The molecule has 0 saturated carbocycles. The van der Waals surface area contributed by atoms with Crippen molar-refractivity contribution >= 4 is 30.1 Å². The number of esters is 3. The minimum absolute atomic E-state index is 0.342. The number of carbonyl (C=O) groups is 3. The second kappa shape index (κ2) is 11.7. The lowest BCUT2D eigenvalue weighted by Crippen LogP contribution is -2.56. The van der Waals surface area contributed by atoms with E-state index in [0.717, 1.165) is 19.3 Å². The lowest BCUT2D eigenvalue weighted by atomic mass is 9.95. The molecule has 2 aromatic rings. The molecule has 2 heterocycles. The summed E-state index contributed by atoms with van der Waals surface area (Å²) in [4.78, 5) is 37.9. The lowest BCUT2D eigenvalue weighted by Gasteiger charge is -2.38. The van der Waals surface area contributed by atoms with Gasteiger partial charge in [-0.25, -0.2) is 14.4 Å². The van der Waals surface area contributed by atoms with Crippen LogP contribution < -0.4 is 0 Å². The van der Waals surface area contributed by atoms with Gasteiger partial charge in [0.2, 0.25) is 0 Å². The quantitative estimate of drug-likeness (QED) is 0.134. The number of aliphatic hydroxyl groups is 1. The summed E-state index contributed by atoms with van der Waals surface area (Å²) >= 11 is 0. The number of methoxy groups -OCH3 is 1. The maximum Gasteiger partial charge on any atom is 0.366 e. The zero-order valence-electron chi connectivity index (χ0n) is 21.0. The molecular formula is C27H26O13. The largest absolute Gasteiger partial charge is 0.504 e. The molecule has 13 heteroatoms. The van der Waals surface area contributed by atoms with Crippen molar-refractivity contribution in [2.45, 2.75) is 36.6 Å². The fourth-order valence-electron chi connectivity index (χ4n) is 4.31. The zero-order valence-corrected chi connectivity index (χ0v) is 21.0. The molecule has 4 rings (SSSR count). The normalized spacial score (nSPS) is 25.6. The third kappa shape index (κ3) is 6.01. The van der Waals surface area contributed by atoms with Crippen molar-refractivity contribution in [1.29, 1.82) is 0 Å². The van der Waals surface area contributed by atoms with Crippen LogP contribution in [0, 0.1) is 0 Å². The van der Waals surface area contributed by atoms with Gasteiger partial charge in [-0.15, -0.1) is 0 Å². The minimum atomic E-state index is -2.02. The molecule has 0 radical (unpaired) electrons. The van der Waals surface area contributed by atoms with Gasteiger partial charge in [0.25, 0.3) is 5.79 Å². The fourth-order valence-corrected chi connectivity index (χ4v) is 4.31. The van der Waals surface area contributed by atoms with Crippen LogP contribution in [0.1, 0.15) is 17.5 Å². The summed E-state index contributed by atoms with van der Waals surface area (Å²) in [6, 6.07) is 7.75. The van der Waals surface area contributed by atoms with Crippen LogP contribution in [0.3, 0.4) is 0 Å². The summed E-state index contributed by atoms with van der Waals surface area (Å²) in [5.74, 6) is -6.26. The minimum Gasteiger partial charge on any atom is -0.504 e. The number of hydrogen-bond acceptors (Lipinski definition) is 13. The van der Waals surface area contributed by atoms with Crippen molar-refractivity contribution in [3.8, 4) is 23.0 Å². The van der Waals surface area contributed by atoms with Crippen LogP contribution in [-0.4, -0.2) is 87.4 Å². The van der Waals surface area contributed by atoms with Gasteiger partial charge >= 0.3 is 17.9 Å². The highest BCUT2D eigenvalue weighted by Gasteiger charge is 2.64. The molecule has 13 nitrogen and oxygen atoms in total. The van der Waals surface area contributed by atoms with Gasteiger partial charge < -0.3 is 49.2 Å². The second-order valence-corrected chi connectivity index (χ2v) is 8.91. The molecule has 5 N–H and O–H groups in total. The summed E-state index contributed by atoms with van der Waals surface area (Å²) in [5, 5.41) is 48.0. The molecule has 0 aromatic heterocycles. The van der Waals surface area contributed by atoms with Crippen LogP contribution in [0.2, 0.25) is 0 Å². The van der Waals surface area contributed by atoms with Crippen LogP contribution in [-0.2, 0) is 38.1 Å². The molecule has 40 heavy (non-hydrogen) atoms. The first-order valence-electron chi connectivity index (χ1n) is 11.9. The zero-order chi connectivity index (χ0) is 29.0. The Bertz CT molecular complexity index is 1350. The predicted molar refractivity (Wildman–Crippen MR) is 134 cm³/mol. The van der Waals surface area contributed by atoms with Gasteiger partial charge in [-0.05, 0) is 47.5 Å². The van der Waals surface area contributed by atoms with Gasteiger partial charge in [0.15, 0.2) is 29.1 Å². The summed E-state index contributed by atoms with van der Waals surface area (Å²) in [5.41, 5.74) is 0.727. The third-order valence-corrected chi connectivity index (χ3v) is 6.21. The van der Waals surface area contributed by atoms with E-state index in [2.05, 4.69) is 0 Å². The highest BCUT2D eigenvalue weighted by atomic mass is 16.8. The summed E-state index contributed by atoms with van der Waals surface area (Å²) in [6.45, 7) is -0.620. The lowest BCUT2D eigenvalue weighted by molar-refractivity contribution is -0.252. The van der Waals surface area contributed by atoms with Crippen molar-refractivity contribution in [2.75, 3.05) is 13.7 Å². The standard InChI is InChI=1S/C27H26O13/c1-36-26(35)27-12-20(37-22(33)8-4-14-2-6-16(29)18(31)10-14)24(25(40-27)21(13-28)39-27)38-23(34)9-5-15-3-7-17(30)19(32)11-15/h2-11,20-21,24-25,28-32H,12-13H2,1H3/b8-4+,9-5+/t20-,21-,24+,25+,27+/m0/s1. The van der Waals surface area contributed by atoms with Crippen molar-refractivity contribution in [3.63, 3.8) is 0 Å². The van der Waals surface area contributed by atoms with Crippen LogP contribution in [0.5, 0.6) is 23.0 Å². The highest BCUT2D eigenvalue weighted by Crippen LogP contribution is 2.43. The predicted octanol–water partition coefficient (Wildman–Crippen LogP) is 1.11. The molecule has 2 aliphatic rings. The average Bonchev–Trinajstić information content (AvgIpc) is 3.26. The van der Waals surface area contributed by atoms with E-state index in [0.29, 0.717) is 11.1 Å². The number of benzene rings is 2. The Morgan fingerprint density at radius 3 is 1.93 bits per heavy atom. The monoisotopic (exact) mass is 558 g/mol. The number of rotatable bonds is 8. The maximum absolute atomic E-state index is 12.7. The molecule has 2 bridgehead atoms. The summed E-state index contributed by atoms with van der Waals surface area (Å²) in [7, 11) is 1.10. The molecule has 0 unspecified atom stereocenters. The maximum atomic E-state index is 12.7. The Balaban J connectivity index is 1.56. The average molecular weight is 558 g/mol. The Morgan fingerprint density at radius 2 is 1.43 bits per heavy atom. The van der Waals surface area contributed by atoms with Crippen molar-refractivity contribution in [1.82, 2.24) is 0 Å². The number of ether oxygens (including phenoxy) is 5. The first-order chi connectivity index (χ1) is 19.0. The van der Waals surface area contributed by atoms with Crippen molar-refractivity contribution in [2.24, 2.45) is 0 Å². The number of phenols is 4. The molecule has 0 spiro atoms. The molecule has 2 aliphatic heterocycles. The number of hydrogen-bond donors (Lipinski definition) is 5. The van der Waals surface area contributed by atoms with Gasteiger partial charge in [0.05, 0.1) is 20.1 Å². The second-order valence-electron chi connectivity index (χ2n) is 8.91. The van der Waals surface area contributed by atoms with E-state index < -0.39 is 72.6 Å². The third-order valence-electron chi connectivity index (χ3n) is 6.21. The topological polar surface area (TPSA) is 199 Å². The number of fused-ring (bicyclic) bond motifs is 2. The molecule has 212 valence electrons.